The summed E-state index contributed by atoms with van der Waals surface area (Å²) in [6, 6.07) is 5.75. The zero-order valence-electron chi connectivity index (χ0n) is 12.5. The summed E-state index contributed by atoms with van der Waals surface area (Å²) < 4.78 is 0. The number of carbonyl (C=O) groups is 1. The highest BCUT2D eigenvalue weighted by Gasteiger charge is 2.25. The number of hydrogen-bond acceptors (Lipinski definition) is 2. The van der Waals surface area contributed by atoms with Crippen LogP contribution in [0.2, 0.25) is 0 Å². The average molecular weight is 275 g/mol. The van der Waals surface area contributed by atoms with Crippen LogP contribution >= 0.6 is 0 Å². The number of aliphatic carboxylic acids is 1. The molecule has 1 aliphatic rings. The van der Waals surface area contributed by atoms with Gasteiger partial charge >= 0.3 is 5.97 Å². The molecule has 0 aromatic heterocycles. The van der Waals surface area contributed by atoms with Crippen LogP contribution in [0, 0.1) is 13.8 Å². The van der Waals surface area contributed by atoms with Crippen molar-refractivity contribution in [1.82, 2.24) is 5.32 Å². The zero-order chi connectivity index (χ0) is 14.5. The molecule has 1 unspecified atom stereocenters. The Hall–Kier alpha value is -1.35. The molecule has 2 rings (SSSR count). The Morgan fingerprint density at radius 3 is 2.40 bits per heavy atom. The van der Waals surface area contributed by atoms with Gasteiger partial charge in [0.2, 0.25) is 0 Å². The van der Waals surface area contributed by atoms with Crippen molar-refractivity contribution in [2.24, 2.45) is 0 Å². The molecule has 0 spiro atoms. The molecule has 110 valence electrons. The summed E-state index contributed by atoms with van der Waals surface area (Å²) in [4.78, 5) is 11.6. The lowest BCUT2D eigenvalue weighted by molar-refractivity contribution is -0.140. The van der Waals surface area contributed by atoms with Gasteiger partial charge in [-0.25, -0.2) is 0 Å². The highest BCUT2D eigenvalue weighted by molar-refractivity contribution is 5.76. The number of carboxylic acids is 1. The summed E-state index contributed by atoms with van der Waals surface area (Å²) in [5.74, 6) is -0.777. The Balaban J connectivity index is 2.15. The molecular formula is C17H25NO2. The lowest BCUT2D eigenvalue weighted by Gasteiger charge is -2.23. The zero-order valence-corrected chi connectivity index (χ0v) is 12.5. The molecule has 0 bridgehead atoms. The summed E-state index contributed by atoms with van der Waals surface area (Å²) in [6.07, 6.45) is 7.15. The predicted molar refractivity (Wildman–Crippen MR) is 80.9 cm³/mol. The van der Waals surface area contributed by atoms with E-state index in [0.717, 1.165) is 24.0 Å². The van der Waals surface area contributed by atoms with Crippen molar-refractivity contribution in [3.63, 3.8) is 0 Å². The van der Waals surface area contributed by atoms with Crippen LogP contribution in [-0.4, -0.2) is 17.1 Å². The molecule has 0 heterocycles. The van der Waals surface area contributed by atoms with Crippen molar-refractivity contribution in [3.8, 4) is 0 Å². The molecule has 3 nitrogen and oxygen atoms in total. The van der Waals surface area contributed by atoms with Crippen LogP contribution in [0.4, 0.5) is 0 Å². The maximum atomic E-state index is 11.6. The molecule has 2 N–H and O–H groups in total. The second-order valence-electron chi connectivity index (χ2n) is 5.99. The molecule has 0 aliphatic heterocycles. The fourth-order valence-electron chi connectivity index (χ4n) is 3.13. The molecule has 0 saturated heterocycles. The van der Waals surface area contributed by atoms with Gasteiger partial charge in [-0.3, -0.25) is 10.1 Å². The topological polar surface area (TPSA) is 49.3 Å². The number of carboxylic acid groups (broad SMARTS) is 1. The van der Waals surface area contributed by atoms with Crippen LogP contribution in [0.25, 0.3) is 0 Å². The van der Waals surface area contributed by atoms with E-state index in [4.69, 9.17) is 0 Å². The molecule has 1 atom stereocenters. The third-order valence-electron chi connectivity index (χ3n) is 4.24. The predicted octanol–water partition coefficient (Wildman–Crippen LogP) is 3.74. The standard InChI is InChI=1S/C17H25NO2/c1-12-9-10-15(13(2)11-12)16(17(19)20)18-14-7-5-3-4-6-8-14/h9-11,14,16,18H,3-8H2,1-2H3,(H,19,20). The van der Waals surface area contributed by atoms with Gasteiger partial charge in [-0.15, -0.1) is 0 Å². The quantitative estimate of drug-likeness (QED) is 0.823. The van der Waals surface area contributed by atoms with Crippen LogP contribution in [-0.2, 0) is 4.79 Å². The molecule has 0 amide bonds. The van der Waals surface area contributed by atoms with Gasteiger partial charge in [-0.05, 0) is 37.8 Å². The van der Waals surface area contributed by atoms with Crippen LogP contribution in [0.1, 0.15) is 61.3 Å². The number of hydrogen-bond donors (Lipinski definition) is 2. The minimum absolute atomic E-state index is 0.333. The Morgan fingerprint density at radius 2 is 1.85 bits per heavy atom. The summed E-state index contributed by atoms with van der Waals surface area (Å²) in [6.45, 7) is 4.03. The molecule has 1 aromatic carbocycles. The van der Waals surface area contributed by atoms with Crippen LogP contribution < -0.4 is 5.32 Å². The molecular weight excluding hydrogens is 250 g/mol. The second-order valence-corrected chi connectivity index (χ2v) is 5.99. The number of rotatable bonds is 4. The number of benzene rings is 1. The largest absolute Gasteiger partial charge is 0.480 e. The van der Waals surface area contributed by atoms with E-state index in [9.17, 15) is 9.90 Å². The number of aryl methyl sites for hydroxylation is 2. The van der Waals surface area contributed by atoms with E-state index in [0.29, 0.717) is 6.04 Å². The van der Waals surface area contributed by atoms with Gasteiger partial charge in [0.1, 0.15) is 6.04 Å². The lowest BCUT2D eigenvalue weighted by Crippen LogP contribution is -2.37. The van der Waals surface area contributed by atoms with E-state index < -0.39 is 12.0 Å². The van der Waals surface area contributed by atoms with Gasteiger partial charge < -0.3 is 5.11 Å². The molecule has 1 aliphatic carbocycles. The van der Waals surface area contributed by atoms with Crippen molar-refractivity contribution in [1.29, 1.82) is 0 Å². The molecule has 3 heteroatoms. The first kappa shape index (κ1) is 15.0. The normalized spacial score (nSPS) is 18.5. The Kier molecular flexibility index (Phi) is 5.18. The van der Waals surface area contributed by atoms with E-state index in [2.05, 4.69) is 11.4 Å². The SMILES string of the molecule is Cc1ccc(C(NC2CCCCCC2)C(=O)O)c(C)c1. The average Bonchev–Trinajstić information content (AvgIpc) is 2.65. The molecule has 0 radical (unpaired) electrons. The summed E-state index contributed by atoms with van der Waals surface area (Å²) in [7, 11) is 0. The van der Waals surface area contributed by atoms with Gasteiger partial charge in [0.15, 0.2) is 0 Å². The van der Waals surface area contributed by atoms with Crippen LogP contribution in [0.3, 0.4) is 0 Å². The first-order valence-electron chi connectivity index (χ1n) is 7.64. The van der Waals surface area contributed by atoms with Gasteiger partial charge in [-0.1, -0.05) is 49.4 Å². The van der Waals surface area contributed by atoms with Crippen molar-refractivity contribution in [2.45, 2.75) is 64.5 Å². The summed E-state index contributed by atoms with van der Waals surface area (Å²) in [5, 5.41) is 12.9. The number of nitrogens with one attached hydrogen (secondary N) is 1. The fourth-order valence-corrected chi connectivity index (χ4v) is 3.13. The van der Waals surface area contributed by atoms with Crippen molar-refractivity contribution in [3.05, 3.63) is 34.9 Å². The van der Waals surface area contributed by atoms with Crippen LogP contribution in [0.15, 0.2) is 18.2 Å². The van der Waals surface area contributed by atoms with E-state index in [-0.39, 0.29) is 0 Å². The van der Waals surface area contributed by atoms with Crippen molar-refractivity contribution >= 4 is 5.97 Å². The van der Waals surface area contributed by atoms with E-state index >= 15 is 0 Å². The van der Waals surface area contributed by atoms with Gasteiger partial charge in [0, 0.05) is 6.04 Å². The third kappa shape index (κ3) is 3.83. The van der Waals surface area contributed by atoms with Crippen LogP contribution in [0.5, 0.6) is 0 Å². The minimum atomic E-state index is -0.777. The maximum absolute atomic E-state index is 11.6. The minimum Gasteiger partial charge on any atom is -0.480 e. The highest BCUT2D eigenvalue weighted by Crippen LogP contribution is 2.24. The van der Waals surface area contributed by atoms with Gasteiger partial charge in [-0.2, -0.15) is 0 Å². The van der Waals surface area contributed by atoms with Gasteiger partial charge in [0.05, 0.1) is 0 Å². The monoisotopic (exact) mass is 275 g/mol. The summed E-state index contributed by atoms with van der Waals surface area (Å²) in [5.41, 5.74) is 3.12. The summed E-state index contributed by atoms with van der Waals surface area (Å²) >= 11 is 0. The first-order chi connectivity index (χ1) is 9.58. The maximum Gasteiger partial charge on any atom is 0.325 e. The van der Waals surface area contributed by atoms with Gasteiger partial charge in [0.25, 0.3) is 0 Å². The smallest absolute Gasteiger partial charge is 0.325 e. The Morgan fingerprint density at radius 1 is 1.20 bits per heavy atom. The van der Waals surface area contributed by atoms with E-state index in [1.54, 1.807) is 0 Å². The Bertz CT molecular complexity index is 462. The molecule has 1 fully saturated rings. The Labute approximate surface area is 121 Å². The molecule has 1 aromatic rings. The van der Waals surface area contributed by atoms with Crippen molar-refractivity contribution < 1.29 is 9.90 Å². The third-order valence-corrected chi connectivity index (χ3v) is 4.24. The van der Waals surface area contributed by atoms with Crippen molar-refractivity contribution in [2.75, 3.05) is 0 Å². The lowest BCUT2D eigenvalue weighted by atomic mass is 9.97. The second kappa shape index (κ2) is 6.89. The molecule has 1 saturated carbocycles. The first-order valence-corrected chi connectivity index (χ1v) is 7.64. The highest BCUT2D eigenvalue weighted by atomic mass is 16.4. The van der Waals surface area contributed by atoms with E-state index in [1.807, 2.05) is 26.0 Å². The fraction of sp³-hybridized carbons (Fsp3) is 0.588. The van der Waals surface area contributed by atoms with E-state index in [1.165, 1.54) is 31.2 Å². The molecule has 20 heavy (non-hydrogen) atoms.